The third-order valence-electron chi connectivity index (χ3n) is 4.80. The molecular weight excluding hydrogens is 467 g/mol. The lowest BCUT2D eigenvalue weighted by Gasteiger charge is -2.35. The number of ether oxygens (including phenoxy) is 1. The maximum Gasteiger partial charge on any atom is 0.191 e. The van der Waals surface area contributed by atoms with Crippen LogP contribution in [0.1, 0.15) is 24.2 Å². The number of nitrogens with one attached hydrogen (secondary N) is 2. The first-order valence-electron chi connectivity index (χ1n) is 9.63. The van der Waals surface area contributed by atoms with Gasteiger partial charge in [-0.3, -0.25) is 9.58 Å². The Morgan fingerprint density at radius 3 is 2.57 bits per heavy atom. The summed E-state index contributed by atoms with van der Waals surface area (Å²) >= 11 is 0. The van der Waals surface area contributed by atoms with Gasteiger partial charge in [-0.25, -0.2) is 4.99 Å². The lowest BCUT2D eigenvalue weighted by atomic mass is 10.0. The normalized spacial score (nSPS) is 16.3. The SMILES string of the molecule is CCNC(=NCc1ccnn1C)NCC(c1ccccc1)N1CCOCC1.I. The summed E-state index contributed by atoms with van der Waals surface area (Å²) in [5, 5.41) is 11.1. The highest BCUT2D eigenvalue weighted by Gasteiger charge is 2.22. The maximum absolute atomic E-state index is 5.53. The smallest absolute Gasteiger partial charge is 0.191 e. The Balaban J connectivity index is 0.00000280. The van der Waals surface area contributed by atoms with Gasteiger partial charge in [-0.15, -0.1) is 24.0 Å². The first-order valence-corrected chi connectivity index (χ1v) is 9.63. The number of aliphatic imine (C=N–C) groups is 1. The molecule has 1 saturated heterocycles. The van der Waals surface area contributed by atoms with Gasteiger partial charge in [0.25, 0.3) is 0 Å². The average molecular weight is 498 g/mol. The second-order valence-corrected chi connectivity index (χ2v) is 6.60. The molecule has 1 unspecified atom stereocenters. The number of morpholine rings is 1. The number of guanidine groups is 1. The van der Waals surface area contributed by atoms with Crippen LogP contribution in [0, 0.1) is 0 Å². The van der Waals surface area contributed by atoms with Crippen LogP contribution >= 0.6 is 24.0 Å². The molecule has 154 valence electrons. The molecule has 2 aromatic rings. The van der Waals surface area contributed by atoms with Crippen LogP contribution < -0.4 is 10.6 Å². The topological polar surface area (TPSA) is 66.7 Å². The Morgan fingerprint density at radius 2 is 1.93 bits per heavy atom. The quantitative estimate of drug-likeness (QED) is 0.348. The van der Waals surface area contributed by atoms with Gasteiger partial charge in [0.15, 0.2) is 5.96 Å². The summed E-state index contributed by atoms with van der Waals surface area (Å²) in [4.78, 5) is 7.20. The number of benzene rings is 1. The summed E-state index contributed by atoms with van der Waals surface area (Å²) in [5.41, 5.74) is 2.40. The van der Waals surface area contributed by atoms with Crippen molar-refractivity contribution in [3.63, 3.8) is 0 Å². The maximum atomic E-state index is 5.53. The molecule has 1 aromatic heterocycles. The van der Waals surface area contributed by atoms with Crippen molar-refractivity contribution >= 4 is 29.9 Å². The van der Waals surface area contributed by atoms with Crippen LogP contribution in [0.15, 0.2) is 47.6 Å². The molecule has 1 fully saturated rings. The highest BCUT2D eigenvalue weighted by atomic mass is 127. The zero-order valence-electron chi connectivity index (χ0n) is 16.7. The van der Waals surface area contributed by atoms with Crippen molar-refractivity contribution in [3.05, 3.63) is 53.9 Å². The Hall–Kier alpha value is -1.65. The lowest BCUT2D eigenvalue weighted by molar-refractivity contribution is 0.0170. The van der Waals surface area contributed by atoms with Crippen molar-refractivity contribution in [2.45, 2.75) is 19.5 Å². The van der Waals surface area contributed by atoms with E-state index in [1.165, 1.54) is 5.56 Å². The van der Waals surface area contributed by atoms with Crippen LogP contribution in [0.4, 0.5) is 0 Å². The van der Waals surface area contributed by atoms with E-state index in [0.29, 0.717) is 6.54 Å². The van der Waals surface area contributed by atoms with E-state index >= 15 is 0 Å². The number of aromatic nitrogens is 2. The predicted molar refractivity (Wildman–Crippen MR) is 123 cm³/mol. The van der Waals surface area contributed by atoms with Crippen LogP contribution in [0.2, 0.25) is 0 Å². The first-order chi connectivity index (χ1) is 13.3. The Labute approximate surface area is 184 Å². The number of halogens is 1. The minimum Gasteiger partial charge on any atom is -0.379 e. The number of hydrogen-bond acceptors (Lipinski definition) is 4. The molecule has 1 aliphatic rings. The second-order valence-electron chi connectivity index (χ2n) is 6.60. The van der Waals surface area contributed by atoms with Gasteiger partial charge in [-0.05, 0) is 18.6 Å². The van der Waals surface area contributed by atoms with Crippen LogP contribution in [-0.4, -0.2) is 60.0 Å². The zero-order chi connectivity index (χ0) is 18.9. The molecule has 0 amide bonds. The monoisotopic (exact) mass is 498 g/mol. The summed E-state index contributed by atoms with van der Waals surface area (Å²) in [6.07, 6.45) is 1.80. The molecule has 0 aliphatic carbocycles. The average Bonchev–Trinajstić information content (AvgIpc) is 3.12. The molecule has 0 bridgehead atoms. The molecule has 28 heavy (non-hydrogen) atoms. The zero-order valence-corrected chi connectivity index (χ0v) is 19.0. The van der Waals surface area contributed by atoms with E-state index in [-0.39, 0.29) is 30.0 Å². The molecule has 1 atom stereocenters. The van der Waals surface area contributed by atoms with E-state index in [9.17, 15) is 0 Å². The minimum atomic E-state index is 0. The Kier molecular flexibility index (Phi) is 9.72. The summed E-state index contributed by atoms with van der Waals surface area (Å²) < 4.78 is 7.39. The Bertz CT molecular complexity index is 714. The fourth-order valence-electron chi connectivity index (χ4n) is 3.27. The number of rotatable bonds is 7. The second kappa shape index (κ2) is 12.0. The van der Waals surface area contributed by atoms with Crippen LogP contribution in [0.3, 0.4) is 0 Å². The van der Waals surface area contributed by atoms with Gasteiger partial charge in [-0.2, -0.15) is 5.10 Å². The third-order valence-corrected chi connectivity index (χ3v) is 4.80. The van der Waals surface area contributed by atoms with Gasteiger partial charge >= 0.3 is 0 Å². The third kappa shape index (κ3) is 6.46. The van der Waals surface area contributed by atoms with Crippen LogP contribution in [0.25, 0.3) is 0 Å². The van der Waals surface area contributed by atoms with Crippen molar-refractivity contribution < 1.29 is 4.74 Å². The molecule has 2 heterocycles. The summed E-state index contributed by atoms with van der Waals surface area (Å²) in [7, 11) is 1.94. The first kappa shape index (κ1) is 22.6. The van der Waals surface area contributed by atoms with Crippen molar-refractivity contribution in [3.8, 4) is 0 Å². The van der Waals surface area contributed by atoms with Crippen molar-refractivity contribution in [1.29, 1.82) is 0 Å². The fourth-order valence-corrected chi connectivity index (χ4v) is 3.27. The summed E-state index contributed by atoms with van der Waals surface area (Å²) in [6.45, 7) is 7.77. The van der Waals surface area contributed by atoms with Gasteiger partial charge in [0.1, 0.15) is 0 Å². The summed E-state index contributed by atoms with van der Waals surface area (Å²) in [6, 6.07) is 12.9. The van der Waals surface area contributed by atoms with Crippen LogP contribution in [0.5, 0.6) is 0 Å². The molecule has 2 N–H and O–H groups in total. The van der Waals surface area contributed by atoms with Gasteiger partial charge in [-0.1, -0.05) is 30.3 Å². The highest BCUT2D eigenvalue weighted by molar-refractivity contribution is 14.0. The van der Waals surface area contributed by atoms with E-state index in [0.717, 1.165) is 51.0 Å². The number of nitrogens with zero attached hydrogens (tertiary/aromatic N) is 4. The fraction of sp³-hybridized carbons (Fsp3) is 0.500. The van der Waals surface area contributed by atoms with E-state index in [4.69, 9.17) is 9.73 Å². The molecule has 1 aliphatic heterocycles. The molecule has 8 heteroatoms. The van der Waals surface area contributed by atoms with E-state index in [1.807, 2.05) is 17.8 Å². The van der Waals surface area contributed by atoms with Gasteiger partial charge in [0, 0.05) is 39.4 Å². The molecular formula is C20H31IN6O. The molecule has 7 nitrogen and oxygen atoms in total. The summed E-state index contributed by atoms with van der Waals surface area (Å²) in [5.74, 6) is 0.827. The minimum absolute atomic E-state index is 0. The van der Waals surface area contributed by atoms with Crippen molar-refractivity contribution in [1.82, 2.24) is 25.3 Å². The van der Waals surface area contributed by atoms with Gasteiger partial charge in [0.2, 0.25) is 0 Å². The lowest BCUT2D eigenvalue weighted by Crippen LogP contribution is -2.46. The highest BCUT2D eigenvalue weighted by Crippen LogP contribution is 2.21. The molecule has 3 rings (SSSR count). The molecule has 1 aromatic carbocycles. The predicted octanol–water partition coefficient (Wildman–Crippen LogP) is 2.17. The number of aryl methyl sites for hydroxylation is 1. The largest absolute Gasteiger partial charge is 0.379 e. The molecule has 0 saturated carbocycles. The van der Waals surface area contributed by atoms with E-state index < -0.39 is 0 Å². The van der Waals surface area contributed by atoms with Gasteiger partial charge < -0.3 is 15.4 Å². The van der Waals surface area contributed by atoms with E-state index in [2.05, 4.69) is 57.9 Å². The number of hydrogen-bond donors (Lipinski definition) is 2. The van der Waals surface area contributed by atoms with E-state index in [1.54, 1.807) is 6.20 Å². The van der Waals surface area contributed by atoms with Crippen LogP contribution in [-0.2, 0) is 18.3 Å². The van der Waals surface area contributed by atoms with Gasteiger partial charge in [0.05, 0.1) is 31.5 Å². The molecule has 0 radical (unpaired) electrons. The van der Waals surface area contributed by atoms with Crippen molar-refractivity contribution in [2.75, 3.05) is 39.4 Å². The Morgan fingerprint density at radius 1 is 1.18 bits per heavy atom. The standard InChI is InChI=1S/C20H30N6O.HI/c1-3-21-20(22-15-18-9-10-24-25(18)2)23-16-19(17-7-5-4-6-8-17)26-11-13-27-14-12-26;/h4-10,19H,3,11-16H2,1-2H3,(H2,21,22,23);1H. The van der Waals surface area contributed by atoms with Crippen molar-refractivity contribution in [2.24, 2.45) is 12.0 Å². The molecule has 0 spiro atoms.